The molecule has 0 unspecified atom stereocenters. The van der Waals surface area contributed by atoms with Gasteiger partial charge in [-0.15, -0.1) is 0 Å². The topological polar surface area (TPSA) is 41.5 Å². The van der Waals surface area contributed by atoms with E-state index in [0.29, 0.717) is 6.54 Å². The molecular weight excluding hydrogens is 154 g/mol. The standard InChI is InChI=1S/C9H13NO2/c1-12-9-4-2-8(3-5-9)6-7-10-11/h2-5,10-11H,6-7H2,1H3. The first-order valence-electron chi connectivity index (χ1n) is 3.86. The molecule has 0 heterocycles. The van der Waals surface area contributed by atoms with Crippen molar-refractivity contribution in [1.29, 1.82) is 0 Å². The first kappa shape index (κ1) is 9.03. The third kappa shape index (κ3) is 2.53. The van der Waals surface area contributed by atoms with E-state index >= 15 is 0 Å². The maximum Gasteiger partial charge on any atom is 0.118 e. The minimum atomic E-state index is 0.576. The molecule has 1 rings (SSSR count). The lowest BCUT2D eigenvalue weighted by Gasteiger charge is -2.01. The minimum Gasteiger partial charge on any atom is -0.497 e. The Morgan fingerprint density at radius 3 is 2.50 bits per heavy atom. The van der Waals surface area contributed by atoms with Crippen LogP contribution in [0.5, 0.6) is 5.75 Å². The molecule has 0 saturated heterocycles. The van der Waals surface area contributed by atoms with Crippen LogP contribution in [0.15, 0.2) is 24.3 Å². The lowest BCUT2D eigenvalue weighted by Crippen LogP contribution is -2.10. The van der Waals surface area contributed by atoms with Gasteiger partial charge >= 0.3 is 0 Å². The average molecular weight is 167 g/mol. The molecule has 1 aromatic rings. The van der Waals surface area contributed by atoms with Crippen molar-refractivity contribution in [2.24, 2.45) is 0 Å². The highest BCUT2D eigenvalue weighted by molar-refractivity contribution is 5.27. The predicted octanol–water partition coefficient (Wildman–Crippen LogP) is 1.22. The fraction of sp³-hybridized carbons (Fsp3) is 0.333. The van der Waals surface area contributed by atoms with Crippen LogP contribution in [0, 0.1) is 0 Å². The van der Waals surface area contributed by atoms with E-state index in [9.17, 15) is 0 Å². The summed E-state index contributed by atoms with van der Waals surface area (Å²) in [6.07, 6.45) is 0.820. The van der Waals surface area contributed by atoms with E-state index in [0.717, 1.165) is 12.2 Å². The zero-order chi connectivity index (χ0) is 8.81. The minimum absolute atomic E-state index is 0.576. The zero-order valence-electron chi connectivity index (χ0n) is 7.08. The molecule has 2 N–H and O–H groups in total. The third-order valence-electron chi connectivity index (χ3n) is 1.68. The molecule has 0 bridgehead atoms. The quantitative estimate of drug-likeness (QED) is 0.662. The molecular formula is C9H13NO2. The summed E-state index contributed by atoms with van der Waals surface area (Å²) >= 11 is 0. The molecule has 12 heavy (non-hydrogen) atoms. The third-order valence-corrected chi connectivity index (χ3v) is 1.68. The van der Waals surface area contributed by atoms with Crippen LogP contribution in [0.25, 0.3) is 0 Å². The van der Waals surface area contributed by atoms with Gasteiger partial charge in [-0.3, -0.25) is 0 Å². The van der Waals surface area contributed by atoms with Gasteiger partial charge in [0.1, 0.15) is 5.75 Å². The number of methoxy groups -OCH3 is 1. The molecule has 0 radical (unpaired) electrons. The lowest BCUT2D eigenvalue weighted by atomic mass is 10.1. The average Bonchev–Trinajstić information content (AvgIpc) is 2.15. The summed E-state index contributed by atoms with van der Waals surface area (Å²) in [6, 6.07) is 7.78. The summed E-state index contributed by atoms with van der Waals surface area (Å²) in [6.45, 7) is 0.576. The van der Waals surface area contributed by atoms with E-state index in [1.54, 1.807) is 7.11 Å². The number of hydroxylamine groups is 1. The Kier molecular flexibility index (Phi) is 3.57. The van der Waals surface area contributed by atoms with E-state index in [2.05, 4.69) is 5.48 Å². The van der Waals surface area contributed by atoms with Gasteiger partial charge in [0.15, 0.2) is 0 Å². The maximum absolute atomic E-state index is 8.35. The summed E-state index contributed by atoms with van der Waals surface area (Å²) in [5.74, 6) is 0.857. The number of benzene rings is 1. The van der Waals surface area contributed by atoms with Crippen LogP contribution in [0.4, 0.5) is 0 Å². The summed E-state index contributed by atoms with van der Waals surface area (Å²) < 4.78 is 5.01. The van der Waals surface area contributed by atoms with Gasteiger partial charge in [-0.25, -0.2) is 5.48 Å². The maximum atomic E-state index is 8.35. The molecule has 0 atom stereocenters. The molecule has 0 aliphatic heterocycles. The molecule has 0 aromatic heterocycles. The molecule has 0 aliphatic rings. The van der Waals surface area contributed by atoms with Crippen LogP contribution in [0.3, 0.4) is 0 Å². The van der Waals surface area contributed by atoms with E-state index in [-0.39, 0.29) is 0 Å². The molecule has 1 aromatic carbocycles. The Morgan fingerprint density at radius 2 is 2.00 bits per heavy atom. The Labute approximate surface area is 71.9 Å². The van der Waals surface area contributed by atoms with Crippen molar-refractivity contribution in [3.8, 4) is 5.75 Å². The Morgan fingerprint density at radius 1 is 1.33 bits per heavy atom. The Balaban J connectivity index is 2.53. The number of rotatable bonds is 4. The highest BCUT2D eigenvalue weighted by Crippen LogP contribution is 2.10. The normalized spacial score (nSPS) is 9.83. The summed E-state index contributed by atoms with van der Waals surface area (Å²) in [5.41, 5.74) is 3.29. The Bertz CT molecular complexity index is 220. The highest BCUT2D eigenvalue weighted by atomic mass is 16.5. The first-order valence-corrected chi connectivity index (χ1v) is 3.86. The van der Waals surface area contributed by atoms with Crippen molar-refractivity contribution in [3.05, 3.63) is 29.8 Å². The summed E-state index contributed by atoms with van der Waals surface area (Å²) in [4.78, 5) is 0. The molecule has 0 saturated carbocycles. The van der Waals surface area contributed by atoms with E-state index < -0.39 is 0 Å². The van der Waals surface area contributed by atoms with Crippen molar-refractivity contribution in [1.82, 2.24) is 5.48 Å². The predicted molar refractivity (Wildman–Crippen MR) is 46.5 cm³/mol. The second-order valence-corrected chi connectivity index (χ2v) is 2.51. The van der Waals surface area contributed by atoms with Crippen LogP contribution < -0.4 is 10.2 Å². The highest BCUT2D eigenvalue weighted by Gasteiger charge is 1.92. The molecule has 3 heteroatoms. The first-order chi connectivity index (χ1) is 5.86. The summed E-state index contributed by atoms with van der Waals surface area (Å²) in [5, 5.41) is 8.35. The fourth-order valence-electron chi connectivity index (χ4n) is 0.992. The van der Waals surface area contributed by atoms with Crippen LogP contribution in [-0.4, -0.2) is 18.9 Å². The SMILES string of the molecule is COc1ccc(CCNO)cc1. The van der Waals surface area contributed by atoms with Gasteiger partial charge in [0, 0.05) is 6.54 Å². The van der Waals surface area contributed by atoms with Gasteiger partial charge < -0.3 is 9.94 Å². The van der Waals surface area contributed by atoms with Gasteiger partial charge in [0.2, 0.25) is 0 Å². The Hall–Kier alpha value is -1.06. The van der Waals surface area contributed by atoms with Crippen LogP contribution in [0.1, 0.15) is 5.56 Å². The second-order valence-electron chi connectivity index (χ2n) is 2.51. The zero-order valence-corrected chi connectivity index (χ0v) is 7.08. The smallest absolute Gasteiger partial charge is 0.118 e. The largest absolute Gasteiger partial charge is 0.497 e. The fourth-order valence-corrected chi connectivity index (χ4v) is 0.992. The van der Waals surface area contributed by atoms with Crippen LogP contribution in [0.2, 0.25) is 0 Å². The van der Waals surface area contributed by atoms with Gasteiger partial charge in [-0.05, 0) is 24.1 Å². The van der Waals surface area contributed by atoms with Crippen molar-refractivity contribution in [2.45, 2.75) is 6.42 Å². The lowest BCUT2D eigenvalue weighted by molar-refractivity contribution is 0.168. The summed E-state index contributed by atoms with van der Waals surface area (Å²) in [7, 11) is 1.64. The van der Waals surface area contributed by atoms with Gasteiger partial charge in [0.25, 0.3) is 0 Å². The second kappa shape index (κ2) is 4.74. The number of ether oxygens (including phenoxy) is 1. The van der Waals surface area contributed by atoms with Gasteiger partial charge in [-0.1, -0.05) is 12.1 Å². The van der Waals surface area contributed by atoms with Crippen LogP contribution >= 0.6 is 0 Å². The van der Waals surface area contributed by atoms with Crippen molar-refractivity contribution >= 4 is 0 Å². The number of hydrogen-bond donors (Lipinski definition) is 2. The molecule has 0 spiro atoms. The molecule has 0 amide bonds. The van der Waals surface area contributed by atoms with E-state index in [4.69, 9.17) is 9.94 Å². The van der Waals surface area contributed by atoms with Crippen molar-refractivity contribution in [3.63, 3.8) is 0 Å². The van der Waals surface area contributed by atoms with E-state index in [1.807, 2.05) is 24.3 Å². The molecule has 0 aliphatic carbocycles. The van der Waals surface area contributed by atoms with Gasteiger partial charge in [0.05, 0.1) is 7.11 Å². The van der Waals surface area contributed by atoms with Crippen LogP contribution in [-0.2, 0) is 6.42 Å². The van der Waals surface area contributed by atoms with E-state index in [1.165, 1.54) is 5.56 Å². The molecule has 3 nitrogen and oxygen atoms in total. The number of hydrogen-bond acceptors (Lipinski definition) is 3. The van der Waals surface area contributed by atoms with Crippen molar-refractivity contribution in [2.75, 3.05) is 13.7 Å². The molecule has 0 fully saturated rings. The monoisotopic (exact) mass is 167 g/mol. The van der Waals surface area contributed by atoms with Crippen molar-refractivity contribution < 1.29 is 9.94 Å². The molecule has 66 valence electrons. The van der Waals surface area contributed by atoms with Gasteiger partial charge in [-0.2, -0.15) is 0 Å². The number of nitrogens with one attached hydrogen (secondary N) is 1.